The zero-order valence-corrected chi connectivity index (χ0v) is 22.0. The van der Waals surface area contributed by atoms with Gasteiger partial charge in [-0.2, -0.15) is 14.7 Å². The average Bonchev–Trinajstić information content (AvgIpc) is 3.75. The Morgan fingerprint density at radius 1 is 1.05 bits per heavy atom. The van der Waals surface area contributed by atoms with E-state index in [1.165, 1.54) is 17.8 Å². The molecule has 0 spiro atoms. The van der Waals surface area contributed by atoms with E-state index < -0.39 is 0 Å². The highest BCUT2D eigenvalue weighted by Crippen LogP contribution is 2.45. The molecule has 5 aromatic heterocycles. The van der Waals surface area contributed by atoms with Gasteiger partial charge in [-0.25, -0.2) is 4.98 Å². The van der Waals surface area contributed by atoms with E-state index in [0.717, 1.165) is 35.2 Å². The second-order valence-electron chi connectivity index (χ2n) is 10.5. The molecule has 0 aromatic carbocycles. The van der Waals surface area contributed by atoms with E-state index in [0.29, 0.717) is 29.7 Å². The third-order valence-electron chi connectivity index (χ3n) is 8.11. The molecule has 0 saturated carbocycles. The number of H-pyrrole nitrogens is 1. The van der Waals surface area contributed by atoms with Crippen LogP contribution in [0.3, 0.4) is 0 Å². The van der Waals surface area contributed by atoms with E-state index in [1.54, 1.807) is 23.3 Å². The molecule has 2 aliphatic heterocycles. The first-order chi connectivity index (χ1) is 19.4. The van der Waals surface area contributed by atoms with Crippen LogP contribution in [0.25, 0.3) is 28.0 Å². The molecule has 13 heteroatoms. The van der Waals surface area contributed by atoms with Gasteiger partial charge in [-0.05, 0) is 38.7 Å². The van der Waals surface area contributed by atoms with Crippen LogP contribution >= 0.6 is 0 Å². The number of carbonyl (C=O) groups is 2. The Hall–Kier alpha value is -4.94. The number of ketones is 1. The Morgan fingerprint density at radius 3 is 2.48 bits per heavy atom. The Balaban J connectivity index is 1.26. The molecule has 7 rings (SSSR count). The third kappa shape index (κ3) is 3.76. The predicted octanol–water partition coefficient (Wildman–Crippen LogP) is 2.65. The number of fused-ring (bicyclic) bond motifs is 3. The summed E-state index contributed by atoms with van der Waals surface area (Å²) in [6.07, 6.45) is 11.7. The number of hydrogen-bond acceptors (Lipinski definition) is 9. The summed E-state index contributed by atoms with van der Waals surface area (Å²) in [5, 5.41) is 16.4. The van der Waals surface area contributed by atoms with Gasteiger partial charge in [0.15, 0.2) is 11.4 Å². The number of aromatic amines is 1. The van der Waals surface area contributed by atoms with Gasteiger partial charge in [0, 0.05) is 54.1 Å². The quantitative estimate of drug-likeness (QED) is 0.320. The minimum Gasteiger partial charge on any atom is -0.383 e. The fraction of sp³-hybridized carbons (Fsp3) is 0.333. The highest BCUT2D eigenvalue weighted by molar-refractivity contribution is 6.00. The summed E-state index contributed by atoms with van der Waals surface area (Å²) in [7, 11) is 1.86. The molecule has 2 aliphatic rings. The topological polar surface area (TPSA) is 166 Å². The lowest BCUT2D eigenvalue weighted by molar-refractivity contribution is 0.0556. The first kappa shape index (κ1) is 24.1. The van der Waals surface area contributed by atoms with E-state index in [4.69, 9.17) is 10.7 Å². The standard InChI is InChI=1S/C27H27N11O2/c1-14(39)22-23(16-7-18-4-5-19(8-16)37(18)27(40)25-30-13-31-35-25)34-26-20(11-33-38(26)24(22)28)15-3-6-21(29-9-15)17-10-32-36(2)12-17/h3,6,9-13,16,18-19H,4-5,7-8,28H2,1-2H3,(H,30,31,35)/t16-,18-,19+. The van der Waals surface area contributed by atoms with Crippen LogP contribution in [0.1, 0.15) is 65.2 Å². The number of nitrogen functional groups attached to an aromatic ring is 1. The lowest BCUT2D eigenvalue weighted by Crippen LogP contribution is -2.46. The average molecular weight is 538 g/mol. The van der Waals surface area contributed by atoms with Gasteiger partial charge in [-0.15, -0.1) is 10.2 Å². The minimum atomic E-state index is -0.158. The van der Waals surface area contributed by atoms with Gasteiger partial charge >= 0.3 is 0 Å². The van der Waals surface area contributed by atoms with Crippen molar-refractivity contribution < 1.29 is 9.59 Å². The predicted molar refractivity (Wildman–Crippen MR) is 144 cm³/mol. The summed E-state index contributed by atoms with van der Waals surface area (Å²) >= 11 is 0. The van der Waals surface area contributed by atoms with Gasteiger partial charge in [0.05, 0.1) is 29.3 Å². The molecule has 202 valence electrons. The maximum atomic E-state index is 13.1. The summed E-state index contributed by atoms with van der Waals surface area (Å²) in [4.78, 5) is 40.4. The summed E-state index contributed by atoms with van der Waals surface area (Å²) in [5.74, 6) is 0.186. The minimum absolute atomic E-state index is 0.0222. The normalized spacial score (nSPS) is 20.4. The van der Waals surface area contributed by atoms with E-state index in [1.807, 2.05) is 30.3 Å². The number of aryl methyl sites for hydroxylation is 1. The summed E-state index contributed by atoms with van der Waals surface area (Å²) in [6.45, 7) is 1.51. The van der Waals surface area contributed by atoms with Crippen molar-refractivity contribution in [3.05, 3.63) is 60.3 Å². The molecule has 0 unspecified atom stereocenters. The number of aromatic nitrogens is 9. The monoisotopic (exact) mass is 537 g/mol. The van der Waals surface area contributed by atoms with Gasteiger partial charge in [-0.1, -0.05) is 6.07 Å². The molecule has 13 nitrogen and oxygen atoms in total. The smallest absolute Gasteiger partial charge is 0.292 e. The molecular weight excluding hydrogens is 510 g/mol. The van der Waals surface area contributed by atoms with Crippen LogP contribution in [0.15, 0.2) is 43.2 Å². The van der Waals surface area contributed by atoms with Crippen molar-refractivity contribution in [1.82, 2.24) is 49.4 Å². The molecular formula is C27H27N11O2. The fourth-order valence-electron chi connectivity index (χ4n) is 6.33. The van der Waals surface area contributed by atoms with Gasteiger partial charge in [0.1, 0.15) is 12.1 Å². The van der Waals surface area contributed by atoms with Crippen LogP contribution in [0.5, 0.6) is 0 Å². The molecule has 2 bridgehead atoms. The summed E-state index contributed by atoms with van der Waals surface area (Å²) in [5.41, 5.74) is 11.6. The molecule has 3 N–H and O–H groups in total. The number of anilines is 1. The first-order valence-corrected chi connectivity index (χ1v) is 13.2. The Bertz CT molecular complexity index is 1740. The number of hydrogen-bond donors (Lipinski definition) is 2. The third-order valence-corrected chi connectivity index (χ3v) is 8.11. The van der Waals surface area contributed by atoms with E-state index in [2.05, 4.69) is 30.4 Å². The molecule has 0 aliphatic carbocycles. The molecule has 40 heavy (non-hydrogen) atoms. The number of piperidine rings is 1. The van der Waals surface area contributed by atoms with E-state index in [-0.39, 0.29) is 41.3 Å². The van der Waals surface area contributed by atoms with Crippen molar-refractivity contribution in [3.8, 4) is 22.4 Å². The Kier molecular flexibility index (Phi) is 5.47. The van der Waals surface area contributed by atoms with Gasteiger partial charge < -0.3 is 15.6 Å². The van der Waals surface area contributed by atoms with Gasteiger partial charge in [-0.3, -0.25) is 19.3 Å². The Labute approximate surface area is 228 Å². The molecule has 3 atom stereocenters. The Morgan fingerprint density at radius 2 is 1.85 bits per heavy atom. The van der Waals surface area contributed by atoms with Gasteiger partial charge in [0.25, 0.3) is 5.91 Å². The second-order valence-corrected chi connectivity index (χ2v) is 10.5. The maximum absolute atomic E-state index is 13.1. The van der Waals surface area contributed by atoms with Crippen LogP contribution in [-0.4, -0.2) is 73.2 Å². The SMILES string of the molecule is CC(=O)c1c([C@@H]2C[C@H]3CC[C@@H](C2)N3C(=O)c2nnc[nH]2)nc2c(-c3ccc(-c4cnn(C)c4)nc3)cnn2c1N. The van der Waals surface area contributed by atoms with Crippen molar-refractivity contribution in [2.24, 2.45) is 7.05 Å². The number of pyridine rings is 1. The van der Waals surface area contributed by atoms with Crippen molar-refractivity contribution in [2.75, 3.05) is 5.73 Å². The van der Waals surface area contributed by atoms with Gasteiger partial charge in [0.2, 0.25) is 5.82 Å². The van der Waals surface area contributed by atoms with E-state index >= 15 is 0 Å². The number of Topliss-reactive ketones (excluding diaryl/α,β-unsaturated/α-hetero) is 1. The molecule has 2 saturated heterocycles. The summed E-state index contributed by atoms with van der Waals surface area (Å²) in [6, 6.07) is 3.95. The largest absolute Gasteiger partial charge is 0.383 e. The lowest BCUT2D eigenvalue weighted by Gasteiger charge is -2.38. The first-order valence-electron chi connectivity index (χ1n) is 13.2. The maximum Gasteiger partial charge on any atom is 0.292 e. The second kappa shape index (κ2) is 9.07. The van der Waals surface area contributed by atoms with Crippen molar-refractivity contribution in [3.63, 3.8) is 0 Å². The molecule has 2 fully saturated rings. The van der Waals surface area contributed by atoms with Crippen molar-refractivity contribution in [2.45, 2.75) is 50.6 Å². The van der Waals surface area contributed by atoms with Crippen LogP contribution in [0, 0.1) is 0 Å². The van der Waals surface area contributed by atoms with Crippen LogP contribution in [-0.2, 0) is 7.05 Å². The highest BCUT2D eigenvalue weighted by atomic mass is 16.2. The molecule has 7 heterocycles. The van der Waals surface area contributed by atoms with Crippen LogP contribution in [0.2, 0.25) is 0 Å². The lowest BCUT2D eigenvalue weighted by atomic mass is 9.85. The molecule has 1 amide bonds. The number of nitrogens with two attached hydrogens (primary N) is 1. The van der Waals surface area contributed by atoms with E-state index in [9.17, 15) is 9.59 Å². The number of amides is 1. The number of nitrogens with zero attached hydrogens (tertiary/aromatic N) is 9. The van der Waals surface area contributed by atoms with Crippen molar-refractivity contribution in [1.29, 1.82) is 0 Å². The fourth-order valence-corrected chi connectivity index (χ4v) is 6.33. The number of carbonyl (C=O) groups excluding carboxylic acids is 2. The zero-order chi connectivity index (χ0) is 27.5. The number of rotatable bonds is 5. The van der Waals surface area contributed by atoms with Crippen molar-refractivity contribution >= 4 is 23.2 Å². The summed E-state index contributed by atoms with van der Waals surface area (Å²) < 4.78 is 3.26. The number of nitrogens with one attached hydrogen (secondary N) is 1. The highest BCUT2D eigenvalue weighted by Gasteiger charge is 2.45. The van der Waals surface area contributed by atoms with Crippen LogP contribution in [0.4, 0.5) is 5.82 Å². The zero-order valence-electron chi connectivity index (χ0n) is 22.0. The molecule has 5 aromatic rings. The van der Waals surface area contributed by atoms with Crippen LogP contribution < -0.4 is 5.73 Å². The molecule has 0 radical (unpaired) electrons.